The zero-order valence-corrected chi connectivity index (χ0v) is 19.3. The Hall–Kier alpha value is -3.75. The minimum atomic E-state index is -0.925. The van der Waals surface area contributed by atoms with Gasteiger partial charge in [-0.05, 0) is 48.4 Å². The van der Waals surface area contributed by atoms with Crippen molar-refractivity contribution in [2.45, 2.75) is 19.1 Å². The quantitative estimate of drug-likeness (QED) is 0.380. The molecular formula is C25H23ClFN5O2. The van der Waals surface area contributed by atoms with Gasteiger partial charge in [-0.3, -0.25) is 9.48 Å². The van der Waals surface area contributed by atoms with E-state index in [1.807, 2.05) is 13.2 Å². The number of rotatable bonds is 6. The first kappa shape index (κ1) is 23.4. The molecule has 0 aliphatic rings. The zero-order chi connectivity index (χ0) is 24.4. The van der Waals surface area contributed by atoms with Crippen molar-refractivity contribution in [2.75, 3.05) is 5.73 Å². The van der Waals surface area contributed by atoms with Gasteiger partial charge in [-0.2, -0.15) is 5.10 Å². The van der Waals surface area contributed by atoms with Crippen LogP contribution in [0.3, 0.4) is 0 Å². The lowest BCUT2D eigenvalue weighted by molar-refractivity contribution is 0.0854. The fourth-order valence-electron chi connectivity index (χ4n) is 3.70. The first-order valence-corrected chi connectivity index (χ1v) is 10.9. The first-order valence-electron chi connectivity index (χ1n) is 10.5. The van der Waals surface area contributed by atoms with E-state index in [1.165, 1.54) is 19.1 Å². The molecule has 1 amide bonds. The van der Waals surface area contributed by atoms with Crippen LogP contribution < -0.4 is 11.1 Å². The van der Waals surface area contributed by atoms with Gasteiger partial charge >= 0.3 is 0 Å². The van der Waals surface area contributed by atoms with E-state index in [9.17, 15) is 9.90 Å². The molecule has 2 unspecified atom stereocenters. The maximum Gasteiger partial charge on any atom is 0.254 e. The maximum absolute atomic E-state index is 15.0. The summed E-state index contributed by atoms with van der Waals surface area (Å²) in [5, 5.41) is 17.5. The molecule has 2 aromatic heterocycles. The van der Waals surface area contributed by atoms with Crippen molar-refractivity contribution in [1.29, 1.82) is 0 Å². The number of aliphatic hydroxyl groups is 1. The van der Waals surface area contributed by atoms with E-state index in [-0.39, 0.29) is 11.4 Å². The number of benzene rings is 2. The van der Waals surface area contributed by atoms with Crippen LogP contribution in [0.4, 0.5) is 10.2 Å². The average Bonchev–Trinajstić information content (AvgIpc) is 3.23. The van der Waals surface area contributed by atoms with E-state index < -0.39 is 23.9 Å². The number of halogens is 2. The maximum atomic E-state index is 15.0. The fraction of sp³-hybridized carbons (Fsp3) is 0.160. The highest BCUT2D eigenvalue weighted by Gasteiger charge is 2.23. The van der Waals surface area contributed by atoms with Crippen molar-refractivity contribution in [3.8, 4) is 22.3 Å². The second-order valence-corrected chi connectivity index (χ2v) is 8.44. The van der Waals surface area contributed by atoms with Crippen LogP contribution in [0, 0.1) is 5.82 Å². The molecule has 0 bridgehead atoms. The van der Waals surface area contributed by atoms with E-state index in [4.69, 9.17) is 17.3 Å². The highest BCUT2D eigenvalue weighted by molar-refractivity contribution is 6.30. The Morgan fingerprint density at radius 3 is 2.59 bits per heavy atom. The van der Waals surface area contributed by atoms with E-state index in [0.717, 1.165) is 11.1 Å². The number of carbonyl (C=O) groups excluding carboxylic acids is 1. The average molecular weight is 480 g/mol. The Bertz CT molecular complexity index is 1350. The Morgan fingerprint density at radius 2 is 1.94 bits per heavy atom. The zero-order valence-electron chi connectivity index (χ0n) is 18.5. The number of carbonyl (C=O) groups is 1. The van der Waals surface area contributed by atoms with Crippen LogP contribution in [0.1, 0.15) is 28.9 Å². The molecule has 0 spiro atoms. The van der Waals surface area contributed by atoms with Crippen LogP contribution in [0.2, 0.25) is 5.02 Å². The third kappa shape index (κ3) is 4.93. The lowest BCUT2D eigenvalue weighted by Gasteiger charge is -2.22. The van der Waals surface area contributed by atoms with E-state index >= 15 is 4.39 Å². The number of aryl methyl sites for hydroxylation is 1. The second kappa shape index (κ2) is 9.62. The van der Waals surface area contributed by atoms with Gasteiger partial charge < -0.3 is 16.2 Å². The molecule has 174 valence electrons. The highest BCUT2D eigenvalue weighted by Crippen LogP contribution is 2.31. The number of nitrogens with one attached hydrogen (secondary N) is 1. The summed E-state index contributed by atoms with van der Waals surface area (Å²) in [4.78, 5) is 17.1. The normalized spacial score (nSPS) is 12.9. The Balaban J connectivity index is 1.61. The molecule has 2 aromatic carbocycles. The smallest absolute Gasteiger partial charge is 0.254 e. The highest BCUT2D eigenvalue weighted by atomic mass is 35.5. The SMILES string of the molecule is CC(O)C(NC(=O)c1ccc(-c2cc(-c3cnn(C)c3)cnc2N)cc1F)c1cccc(Cl)c1. The lowest BCUT2D eigenvalue weighted by atomic mass is 9.99. The first-order chi connectivity index (χ1) is 16.2. The molecule has 4 N–H and O–H groups in total. The summed E-state index contributed by atoms with van der Waals surface area (Å²) in [5.74, 6) is -1.15. The minimum Gasteiger partial charge on any atom is -0.391 e. The molecule has 0 fully saturated rings. The van der Waals surface area contributed by atoms with Gasteiger partial charge in [0.05, 0.1) is 23.9 Å². The molecule has 4 rings (SSSR count). The largest absolute Gasteiger partial charge is 0.391 e. The van der Waals surface area contributed by atoms with Crippen molar-refractivity contribution < 1.29 is 14.3 Å². The monoisotopic (exact) mass is 479 g/mol. The van der Waals surface area contributed by atoms with Crippen molar-refractivity contribution in [3.05, 3.63) is 89.1 Å². The Labute approximate surface area is 201 Å². The van der Waals surface area contributed by atoms with Crippen LogP contribution in [0.25, 0.3) is 22.3 Å². The van der Waals surface area contributed by atoms with Crippen LogP contribution in [0.5, 0.6) is 0 Å². The van der Waals surface area contributed by atoms with E-state index in [2.05, 4.69) is 15.4 Å². The summed E-state index contributed by atoms with van der Waals surface area (Å²) in [5.41, 5.74) is 9.14. The predicted molar refractivity (Wildman–Crippen MR) is 130 cm³/mol. The molecule has 0 saturated carbocycles. The topological polar surface area (TPSA) is 106 Å². The van der Waals surface area contributed by atoms with Gasteiger partial charge in [0.2, 0.25) is 0 Å². The van der Waals surface area contributed by atoms with Gasteiger partial charge in [0.25, 0.3) is 5.91 Å². The third-order valence-electron chi connectivity index (χ3n) is 5.46. The molecule has 2 atom stereocenters. The third-order valence-corrected chi connectivity index (χ3v) is 5.69. The van der Waals surface area contributed by atoms with Gasteiger partial charge in [0, 0.05) is 41.2 Å². The van der Waals surface area contributed by atoms with Crippen molar-refractivity contribution in [2.24, 2.45) is 7.05 Å². The van der Waals surface area contributed by atoms with Crippen molar-refractivity contribution >= 4 is 23.3 Å². The van der Waals surface area contributed by atoms with Crippen molar-refractivity contribution in [1.82, 2.24) is 20.1 Å². The number of pyridine rings is 1. The second-order valence-electron chi connectivity index (χ2n) is 8.00. The lowest BCUT2D eigenvalue weighted by Crippen LogP contribution is -2.35. The van der Waals surface area contributed by atoms with Gasteiger partial charge in [-0.25, -0.2) is 9.37 Å². The van der Waals surface area contributed by atoms with Crippen molar-refractivity contribution in [3.63, 3.8) is 0 Å². The van der Waals surface area contributed by atoms with Gasteiger partial charge in [0.15, 0.2) is 0 Å². The van der Waals surface area contributed by atoms with Gasteiger partial charge in [0.1, 0.15) is 11.6 Å². The molecule has 0 aliphatic carbocycles. The standard InChI is InChI=1S/C25H23ClFN5O2/c1-14(33)23(16-4-3-5-19(26)8-16)31-25(34)20-7-6-15(10-22(20)27)21-9-17(11-29-24(21)28)18-12-30-32(2)13-18/h3-14,23,33H,1-2H3,(H2,28,29)(H,31,34). The predicted octanol–water partition coefficient (Wildman–Crippen LogP) is 4.38. The molecule has 0 aliphatic heterocycles. The Morgan fingerprint density at radius 1 is 1.15 bits per heavy atom. The molecule has 0 saturated heterocycles. The minimum absolute atomic E-state index is 0.161. The summed E-state index contributed by atoms with van der Waals surface area (Å²) >= 11 is 6.04. The van der Waals surface area contributed by atoms with E-state index in [1.54, 1.807) is 53.5 Å². The number of anilines is 1. The molecule has 34 heavy (non-hydrogen) atoms. The van der Waals surface area contributed by atoms with E-state index in [0.29, 0.717) is 21.7 Å². The summed E-state index contributed by atoms with van der Waals surface area (Å²) in [7, 11) is 1.81. The van der Waals surface area contributed by atoms with Gasteiger partial charge in [-0.15, -0.1) is 0 Å². The van der Waals surface area contributed by atoms with Crippen LogP contribution >= 0.6 is 11.6 Å². The summed E-state index contributed by atoms with van der Waals surface area (Å²) < 4.78 is 16.7. The molecule has 9 heteroatoms. The number of aromatic nitrogens is 3. The van der Waals surface area contributed by atoms with Crippen LogP contribution in [0.15, 0.2) is 67.1 Å². The number of nitrogens with zero attached hydrogens (tertiary/aromatic N) is 3. The number of nitrogens with two attached hydrogens (primary N) is 1. The van der Waals surface area contributed by atoms with Crippen LogP contribution in [-0.2, 0) is 7.05 Å². The van der Waals surface area contributed by atoms with Crippen LogP contribution in [-0.4, -0.2) is 31.9 Å². The Kier molecular flexibility index (Phi) is 6.63. The van der Waals surface area contributed by atoms with Gasteiger partial charge in [-0.1, -0.05) is 29.8 Å². The number of hydrogen-bond acceptors (Lipinski definition) is 5. The molecule has 7 nitrogen and oxygen atoms in total. The number of nitrogen functional groups attached to an aromatic ring is 1. The molecular weight excluding hydrogens is 457 g/mol. The summed E-state index contributed by atoms with van der Waals surface area (Å²) in [6.45, 7) is 1.54. The molecule has 0 radical (unpaired) electrons. The molecule has 2 heterocycles. The summed E-state index contributed by atoms with van der Waals surface area (Å²) in [6.07, 6.45) is 4.23. The number of hydrogen-bond donors (Lipinski definition) is 3. The number of aliphatic hydroxyl groups excluding tert-OH is 1. The molecule has 4 aromatic rings. The summed E-state index contributed by atoms with van der Waals surface area (Å²) in [6, 6.07) is 12.0. The number of amides is 1. The fourth-order valence-corrected chi connectivity index (χ4v) is 3.90.